The van der Waals surface area contributed by atoms with Gasteiger partial charge in [-0.15, -0.1) is 0 Å². The van der Waals surface area contributed by atoms with Crippen molar-refractivity contribution in [2.75, 3.05) is 18.0 Å². The number of rotatable bonds is 3. The summed E-state index contributed by atoms with van der Waals surface area (Å²) in [5, 5.41) is 13.1. The van der Waals surface area contributed by atoms with Crippen LogP contribution in [0.3, 0.4) is 0 Å². The maximum atomic E-state index is 10.7. The van der Waals surface area contributed by atoms with Crippen molar-refractivity contribution >= 4 is 24.9 Å². The van der Waals surface area contributed by atoms with E-state index < -0.39 is 0 Å². The molecule has 0 aliphatic carbocycles. The lowest BCUT2D eigenvalue weighted by Crippen LogP contribution is -2.32. The molecule has 0 aromatic heterocycles. The summed E-state index contributed by atoms with van der Waals surface area (Å²) >= 11 is 0. The van der Waals surface area contributed by atoms with Crippen LogP contribution in [0.4, 0.5) is 5.69 Å². The molecule has 1 N–H and O–H groups in total. The Morgan fingerprint density at radius 1 is 0.923 bits per heavy atom. The van der Waals surface area contributed by atoms with Crippen molar-refractivity contribution in [1.82, 2.24) is 0 Å². The lowest BCUT2D eigenvalue weighted by Gasteiger charge is -2.31. The second-order valence-corrected chi connectivity index (χ2v) is 9.96. The van der Waals surface area contributed by atoms with Gasteiger partial charge in [0, 0.05) is 29.4 Å². The summed E-state index contributed by atoms with van der Waals surface area (Å²) in [6.07, 6.45) is 3.90. The quantitative estimate of drug-likeness (QED) is 0.776. The Morgan fingerprint density at radius 3 is 2.27 bits per heavy atom. The molecule has 0 spiro atoms. The van der Waals surface area contributed by atoms with Crippen LogP contribution in [0.2, 0.25) is 0 Å². The van der Waals surface area contributed by atoms with Crippen molar-refractivity contribution in [3.8, 4) is 5.75 Å². The zero-order valence-electron chi connectivity index (χ0n) is 16.8. The second kappa shape index (κ2) is 7.61. The molecule has 0 bridgehead atoms. The van der Waals surface area contributed by atoms with E-state index in [0.29, 0.717) is 14.3 Å². The van der Waals surface area contributed by atoms with Crippen LogP contribution in [-0.2, 0) is 5.41 Å². The fourth-order valence-corrected chi connectivity index (χ4v) is 4.96. The monoisotopic (exact) mass is 369 g/mol. The minimum absolute atomic E-state index is 0.0840. The summed E-state index contributed by atoms with van der Waals surface area (Å²) in [5.74, 6) is 0.460. The normalized spacial score (nSPS) is 15.8. The molecule has 1 fully saturated rings. The maximum Gasteiger partial charge on any atom is 0.126 e. The van der Waals surface area contributed by atoms with Crippen LogP contribution >= 0.6 is 8.58 Å². The van der Waals surface area contributed by atoms with Gasteiger partial charge in [-0.2, -0.15) is 0 Å². The number of benzene rings is 2. The van der Waals surface area contributed by atoms with Gasteiger partial charge in [0.1, 0.15) is 5.75 Å². The molecule has 3 heteroatoms. The number of aromatic hydroxyl groups is 1. The van der Waals surface area contributed by atoms with E-state index in [1.807, 2.05) is 6.92 Å². The van der Waals surface area contributed by atoms with Gasteiger partial charge in [0.15, 0.2) is 0 Å². The fourth-order valence-electron chi connectivity index (χ4n) is 3.60. The lowest BCUT2D eigenvalue weighted by molar-refractivity contribution is 0.474. The number of hydrogen-bond acceptors (Lipinski definition) is 2. The van der Waals surface area contributed by atoms with Crippen LogP contribution in [0.1, 0.15) is 56.7 Å². The number of hydrogen-bond donors (Lipinski definition) is 1. The number of aryl methyl sites for hydroxylation is 2. The van der Waals surface area contributed by atoms with Gasteiger partial charge in [0.2, 0.25) is 0 Å². The van der Waals surface area contributed by atoms with Crippen molar-refractivity contribution in [2.24, 2.45) is 0 Å². The zero-order valence-corrected chi connectivity index (χ0v) is 17.8. The predicted octanol–water partition coefficient (Wildman–Crippen LogP) is 4.93. The van der Waals surface area contributed by atoms with Gasteiger partial charge in [0.25, 0.3) is 0 Å². The third-order valence-electron chi connectivity index (χ3n) is 5.29. The first-order chi connectivity index (χ1) is 12.3. The molecule has 1 aliphatic heterocycles. The van der Waals surface area contributed by atoms with Crippen LogP contribution < -0.4 is 15.5 Å². The Hall–Kier alpha value is -1.53. The summed E-state index contributed by atoms with van der Waals surface area (Å²) in [6, 6.07) is 11.1. The SMILES string of the molecule is Cc1ccc(Pc2cc(C(C)(C)C)cc(C)c2O)c(N2CCCCC2)c1. The van der Waals surface area contributed by atoms with Crippen LogP contribution in [0, 0.1) is 13.8 Å². The van der Waals surface area contributed by atoms with Gasteiger partial charge in [-0.05, 0) is 67.3 Å². The first-order valence-electron chi connectivity index (χ1n) is 9.72. The highest BCUT2D eigenvalue weighted by Crippen LogP contribution is 2.32. The molecule has 3 rings (SSSR count). The van der Waals surface area contributed by atoms with Crippen LogP contribution in [0.5, 0.6) is 5.75 Å². The third kappa shape index (κ3) is 4.23. The van der Waals surface area contributed by atoms with E-state index in [1.165, 1.54) is 41.4 Å². The standard InChI is InChI=1S/C23H32NOP/c1-16-9-10-20(19(13-16)24-11-7-6-8-12-24)26-21-15-18(23(3,4)5)14-17(2)22(21)25/h9-10,13-15,25-26H,6-8,11-12H2,1-5H3. The van der Waals surface area contributed by atoms with Crippen molar-refractivity contribution in [3.05, 3.63) is 47.0 Å². The van der Waals surface area contributed by atoms with E-state index in [0.717, 1.165) is 24.0 Å². The average molecular weight is 369 g/mol. The first-order valence-corrected chi connectivity index (χ1v) is 10.7. The Bertz CT molecular complexity index is 786. The highest BCUT2D eigenvalue weighted by atomic mass is 31.1. The van der Waals surface area contributed by atoms with E-state index in [4.69, 9.17) is 0 Å². The van der Waals surface area contributed by atoms with Gasteiger partial charge in [-0.25, -0.2) is 0 Å². The van der Waals surface area contributed by atoms with Crippen molar-refractivity contribution in [2.45, 2.75) is 59.3 Å². The number of phenols is 1. The smallest absolute Gasteiger partial charge is 0.126 e. The molecule has 2 aromatic rings. The minimum Gasteiger partial charge on any atom is -0.507 e. The largest absolute Gasteiger partial charge is 0.507 e. The fraction of sp³-hybridized carbons (Fsp3) is 0.478. The molecule has 0 amide bonds. The number of anilines is 1. The van der Waals surface area contributed by atoms with Gasteiger partial charge in [-0.1, -0.05) is 47.6 Å². The summed E-state index contributed by atoms with van der Waals surface area (Å²) in [5.41, 5.74) is 5.03. The Balaban J connectivity index is 2.00. The Labute approximate surface area is 160 Å². The van der Waals surface area contributed by atoms with Gasteiger partial charge >= 0.3 is 0 Å². The number of piperidine rings is 1. The highest BCUT2D eigenvalue weighted by Gasteiger charge is 2.20. The molecule has 1 saturated heterocycles. The molecule has 0 radical (unpaired) electrons. The van der Waals surface area contributed by atoms with Crippen LogP contribution in [0.25, 0.3) is 0 Å². The molecular formula is C23H32NOP. The zero-order chi connectivity index (χ0) is 18.9. The molecule has 0 saturated carbocycles. The van der Waals surface area contributed by atoms with Crippen LogP contribution in [-0.4, -0.2) is 18.2 Å². The summed E-state index contributed by atoms with van der Waals surface area (Å²) in [7, 11) is 0.475. The topological polar surface area (TPSA) is 23.5 Å². The van der Waals surface area contributed by atoms with Crippen molar-refractivity contribution < 1.29 is 5.11 Å². The van der Waals surface area contributed by atoms with Crippen molar-refractivity contribution in [1.29, 1.82) is 0 Å². The third-order valence-corrected chi connectivity index (χ3v) is 6.63. The highest BCUT2D eigenvalue weighted by molar-refractivity contribution is 7.56. The van der Waals surface area contributed by atoms with E-state index in [2.05, 4.69) is 62.9 Å². The van der Waals surface area contributed by atoms with E-state index in [9.17, 15) is 5.11 Å². The van der Waals surface area contributed by atoms with E-state index >= 15 is 0 Å². The molecule has 1 aliphatic rings. The van der Waals surface area contributed by atoms with E-state index in [1.54, 1.807) is 0 Å². The average Bonchev–Trinajstić information content (AvgIpc) is 2.60. The number of nitrogens with zero attached hydrogens (tertiary/aromatic N) is 1. The molecule has 2 nitrogen and oxygen atoms in total. The van der Waals surface area contributed by atoms with Crippen LogP contribution in [0.15, 0.2) is 30.3 Å². The second-order valence-electron chi connectivity index (χ2n) is 8.63. The predicted molar refractivity (Wildman–Crippen MR) is 116 cm³/mol. The molecule has 1 unspecified atom stereocenters. The number of phenolic OH excluding ortho intramolecular Hbond substituents is 1. The van der Waals surface area contributed by atoms with Gasteiger partial charge in [0.05, 0.1) is 0 Å². The molecule has 26 heavy (non-hydrogen) atoms. The molecule has 1 heterocycles. The summed E-state index contributed by atoms with van der Waals surface area (Å²) < 4.78 is 0. The Morgan fingerprint density at radius 2 is 1.62 bits per heavy atom. The molecule has 140 valence electrons. The molecule has 1 atom stereocenters. The lowest BCUT2D eigenvalue weighted by atomic mass is 9.86. The Kier molecular flexibility index (Phi) is 5.63. The molecular weight excluding hydrogens is 337 g/mol. The minimum atomic E-state index is 0.0840. The molecule has 2 aromatic carbocycles. The van der Waals surface area contributed by atoms with E-state index in [-0.39, 0.29) is 5.41 Å². The van der Waals surface area contributed by atoms with Crippen molar-refractivity contribution in [3.63, 3.8) is 0 Å². The first kappa shape index (κ1) is 19.2. The van der Waals surface area contributed by atoms with Gasteiger partial charge < -0.3 is 10.0 Å². The van der Waals surface area contributed by atoms with Gasteiger partial charge in [-0.3, -0.25) is 0 Å². The summed E-state index contributed by atoms with van der Waals surface area (Å²) in [6.45, 7) is 13.2. The maximum absolute atomic E-state index is 10.7. The summed E-state index contributed by atoms with van der Waals surface area (Å²) in [4.78, 5) is 2.54.